The predicted molar refractivity (Wildman–Crippen MR) is 60.7 cm³/mol. The fourth-order valence-corrected chi connectivity index (χ4v) is 2.23. The van der Waals surface area contributed by atoms with Gasteiger partial charge in [0, 0.05) is 6.42 Å². The highest BCUT2D eigenvalue weighted by Gasteiger charge is 2.40. The van der Waals surface area contributed by atoms with Crippen molar-refractivity contribution in [1.82, 2.24) is 5.32 Å². The first-order valence-electron chi connectivity index (χ1n) is 5.94. The number of rotatable bonds is 3. The highest BCUT2D eigenvalue weighted by atomic mass is 19.3. The number of nitrogens with one attached hydrogen (secondary N) is 1. The molecule has 1 aliphatic heterocycles. The Balaban J connectivity index is 2.08. The number of piperidine rings is 1. The van der Waals surface area contributed by atoms with Gasteiger partial charge in [0.1, 0.15) is 5.82 Å². The number of halogens is 3. The second-order valence-electron chi connectivity index (χ2n) is 4.53. The first-order chi connectivity index (χ1) is 8.09. The van der Waals surface area contributed by atoms with E-state index in [4.69, 9.17) is 0 Å². The Morgan fingerprint density at radius 3 is 2.65 bits per heavy atom. The Hall–Kier alpha value is -1.03. The molecule has 0 radical (unpaired) electrons. The van der Waals surface area contributed by atoms with Crippen molar-refractivity contribution >= 4 is 0 Å². The second-order valence-corrected chi connectivity index (χ2v) is 4.53. The molecule has 1 nitrogen and oxygen atoms in total. The van der Waals surface area contributed by atoms with Gasteiger partial charge in [0.15, 0.2) is 0 Å². The Bertz CT molecular complexity index is 373. The standard InChI is InChI=1S/C13H16F3N/c14-11-6-2-1-5-10(11)9-13(15,16)12-7-3-4-8-17-12/h1-2,5-6,12,17H,3-4,7-9H2. The molecule has 1 aromatic carbocycles. The minimum atomic E-state index is -2.89. The SMILES string of the molecule is Fc1ccccc1CC(F)(F)C1CCCCN1. The molecule has 1 heterocycles. The first-order valence-corrected chi connectivity index (χ1v) is 5.94. The third-order valence-corrected chi connectivity index (χ3v) is 3.20. The average molecular weight is 243 g/mol. The van der Waals surface area contributed by atoms with Crippen LogP contribution in [0.15, 0.2) is 24.3 Å². The quantitative estimate of drug-likeness (QED) is 0.860. The third kappa shape index (κ3) is 3.00. The van der Waals surface area contributed by atoms with E-state index in [0.717, 1.165) is 12.8 Å². The molecule has 2 rings (SSSR count). The van der Waals surface area contributed by atoms with Crippen LogP contribution in [0.5, 0.6) is 0 Å². The molecule has 0 spiro atoms. The zero-order chi connectivity index (χ0) is 12.3. The van der Waals surface area contributed by atoms with Gasteiger partial charge in [-0.1, -0.05) is 24.6 Å². The zero-order valence-electron chi connectivity index (χ0n) is 9.56. The van der Waals surface area contributed by atoms with Gasteiger partial charge in [-0.2, -0.15) is 0 Å². The van der Waals surface area contributed by atoms with E-state index in [2.05, 4.69) is 5.32 Å². The topological polar surface area (TPSA) is 12.0 Å². The van der Waals surface area contributed by atoms with Gasteiger partial charge in [0.05, 0.1) is 6.04 Å². The van der Waals surface area contributed by atoms with Gasteiger partial charge < -0.3 is 5.32 Å². The van der Waals surface area contributed by atoms with Crippen molar-refractivity contribution in [3.8, 4) is 0 Å². The maximum atomic E-state index is 13.9. The highest BCUT2D eigenvalue weighted by molar-refractivity contribution is 5.19. The summed E-state index contributed by atoms with van der Waals surface area (Å²) in [4.78, 5) is 0. The average Bonchev–Trinajstić information content (AvgIpc) is 2.33. The number of hydrogen-bond acceptors (Lipinski definition) is 1. The van der Waals surface area contributed by atoms with Crippen molar-refractivity contribution in [2.45, 2.75) is 37.6 Å². The summed E-state index contributed by atoms with van der Waals surface area (Å²) >= 11 is 0. The van der Waals surface area contributed by atoms with Crippen molar-refractivity contribution in [3.63, 3.8) is 0 Å². The monoisotopic (exact) mass is 243 g/mol. The van der Waals surface area contributed by atoms with E-state index in [1.165, 1.54) is 18.2 Å². The van der Waals surface area contributed by atoms with Gasteiger partial charge in [-0.15, -0.1) is 0 Å². The van der Waals surface area contributed by atoms with Gasteiger partial charge in [0.2, 0.25) is 0 Å². The first kappa shape index (κ1) is 12.4. The van der Waals surface area contributed by atoms with Gasteiger partial charge in [-0.05, 0) is 31.0 Å². The third-order valence-electron chi connectivity index (χ3n) is 3.20. The summed E-state index contributed by atoms with van der Waals surface area (Å²) in [5, 5.41) is 2.83. The summed E-state index contributed by atoms with van der Waals surface area (Å²) in [6.45, 7) is 0.623. The van der Waals surface area contributed by atoms with Gasteiger partial charge >= 0.3 is 0 Å². The summed E-state index contributed by atoms with van der Waals surface area (Å²) in [7, 11) is 0. The largest absolute Gasteiger partial charge is 0.309 e. The van der Waals surface area contributed by atoms with E-state index >= 15 is 0 Å². The predicted octanol–water partition coefficient (Wildman–Crippen LogP) is 3.15. The van der Waals surface area contributed by atoms with Crippen molar-refractivity contribution in [3.05, 3.63) is 35.6 Å². The van der Waals surface area contributed by atoms with Crippen LogP contribution in [0, 0.1) is 5.82 Å². The van der Waals surface area contributed by atoms with Gasteiger partial charge in [-0.3, -0.25) is 0 Å². The second kappa shape index (κ2) is 5.08. The summed E-state index contributed by atoms with van der Waals surface area (Å²) in [5.74, 6) is -3.44. The molecule has 4 heteroatoms. The molecule has 1 aromatic rings. The van der Waals surface area contributed by atoms with E-state index in [0.29, 0.717) is 13.0 Å². The smallest absolute Gasteiger partial charge is 0.267 e. The number of hydrogen-bond donors (Lipinski definition) is 1. The molecule has 94 valence electrons. The molecule has 0 aliphatic carbocycles. The summed E-state index contributed by atoms with van der Waals surface area (Å²) in [6, 6.07) is 4.92. The van der Waals surface area contributed by atoms with Gasteiger partial charge in [-0.25, -0.2) is 13.2 Å². The fourth-order valence-electron chi connectivity index (χ4n) is 2.23. The molecule has 1 unspecified atom stereocenters. The van der Waals surface area contributed by atoms with E-state index < -0.39 is 24.2 Å². The molecule has 1 aliphatic rings. The van der Waals surface area contributed by atoms with Crippen LogP contribution in [-0.4, -0.2) is 18.5 Å². The molecule has 17 heavy (non-hydrogen) atoms. The molecule has 1 N–H and O–H groups in total. The number of alkyl halides is 2. The molecule has 0 bridgehead atoms. The fraction of sp³-hybridized carbons (Fsp3) is 0.538. The van der Waals surface area contributed by atoms with Crippen LogP contribution in [-0.2, 0) is 6.42 Å². The van der Waals surface area contributed by atoms with E-state index in [1.54, 1.807) is 6.07 Å². The summed E-state index contributed by atoms with van der Waals surface area (Å²) in [5.41, 5.74) is 0.0878. The van der Waals surface area contributed by atoms with Crippen LogP contribution in [0.2, 0.25) is 0 Å². The van der Waals surface area contributed by atoms with Crippen LogP contribution in [0.4, 0.5) is 13.2 Å². The van der Waals surface area contributed by atoms with E-state index in [1.807, 2.05) is 0 Å². The van der Waals surface area contributed by atoms with Crippen LogP contribution in [0.1, 0.15) is 24.8 Å². The molecular formula is C13H16F3N. The van der Waals surface area contributed by atoms with Crippen LogP contribution in [0.25, 0.3) is 0 Å². The molecule has 1 fully saturated rings. The normalized spacial score (nSPS) is 21.5. The van der Waals surface area contributed by atoms with E-state index in [-0.39, 0.29) is 5.56 Å². The van der Waals surface area contributed by atoms with E-state index in [9.17, 15) is 13.2 Å². The Morgan fingerprint density at radius 2 is 2.00 bits per heavy atom. The minimum absolute atomic E-state index is 0.0878. The molecule has 0 aromatic heterocycles. The molecule has 0 saturated carbocycles. The van der Waals surface area contributed by atoms with Crippen molar-refractivity contribution < 1.29 is 13.2 Å². The van der Waals surface area contributed by atoms with Crippen molar-refractivity contribution in [1.29, 1.82) is 0 Å². The van der Waals surface area contributed by atoms with Crippen molar-refractivity contribution in [2.24, 2.45) is 0 Å². The maximum absolute atomic E-state index is 13.9. The van der Waals surface area contributed by atoms with Gasteiger partial charge in [0.25, 0.3) is 5.92 Å². The zero-order valence-corrected chi connectivity index (χ0v) is 9.56. The lowest BCUT2D eigenvalue weighted by Gasteiger charge is -2.31. The summed E-state index contributed by atoms with van der Waals surface area (Å²) in [6.07, 6.45) is 1.68. The summed E-state index contributed by atoms with van der Waals surface area (Å²) < 4.78 is 41.2. The highest BCUT2D eigenvalue weighted by Crippen LogP contribution is 2.29. The molecule has 1 saturated heterocycles. The maximum Gasteiger partial charge on any atom is 0.267 e. The Morgan fingerprint density at radius 1 is 1.24 bits per heavy atom. The lowest BCUT2D eigenvalue weighted by Crippen LogP contribution is -2.48. The van der Waals surface area contributed by atoms with Crippen LogP contribution < -0.4 is 5.32 Å². The minimum Gasteiger partial charge on any atom is -0.309 e. The Kier molecular flexibility index (Phi) is 3.72. The Labute approximate surface area is 99.0 Å². The van der Waals surface area contributed by atoms with Crippen LogP contribution >= 0.6 is 0 Å². The van der Waals surface area contributed by atoms with Crippen LogP contribution in [0.3, 0.4) is 0 Å². The lowest BCUT2D eigenvalue weighted by molar-refractivity contribution is -0.0447. The molecule has 0 amide bonds. The molecule has 1 atom stereocenters. The molecular weight excluding hydrogens is 227 g/mol. The number of benzene rings is 1. The lowest BCUT2D eigenvalue weighted by atomic mass is 9.94. The van der Waals surface area contributed by atoms with Crippen molar-refractivity contribution in [2.75, 3.05) is 6.54 Å².